The highest BCUT2D eigenvalue weighted by atomic mass is 16.5. The molecule has 1 aromatic rings. The number of carbonyl (C=O) groups excluding carboxylic acids is 1. The van der Waals surface area contributed by atoms with Gasteiger partial charge in [0.2, 0.25) is 0 Å². The van der Waals surface area contributed by atoms with Gasteiger partial charge < -0.3 is 9.64 Å². The largest absolute Gasteiger partial charge is 0.490 e. The molecule has 4 rings (SSSR count). The van der Waals surface area contributed by atoms with Crippen LogP contribution in [-0.2, 0) is 0 Å². The van der Waals surface area contributed by atoms with Crippen molar-refractivity contribution in [2.45, 2.75) is 37.8 Å². The van der Waals surface area contributed by atoms with Crippen LogP contribution in [0.1, 0.15) is 36.0 Å². The fourth-order valence-electron chi connectivity index (χ4n) is 3.54. The molecule has 2 bridgehead atoms. The third-order valence-electron chi connectivity index (χ3n) is 5.07. The van der Waals surface area contributed by atoms with Crippen LogP contribution in [0.2, 0.25) is 0 Å². The fraction of sp³-hybridized carbons (Fsp3) is 0.588. The molecule has 0 N–H and O–H groups in total. The first-order chi connectivity index (χ1) is 10.3. The van der Waals surface area contributed by atoms with Crippen LogP contribution in [0.3, 0.4) is 0 Å². The fourth-order valence-corrected chi connectivity index (χ4v) is 3.54. The van der Waals surface area contributed by atoms with Crippen molar-refractivity contribution in [2.75, 3.05) is 26.2 Å². The zero-order valence-corrected chi connectivity index (χ0v) is 12.3. The average Bonchev–Trinajstić information content (AvgIpc) is 2.84. The Morgan fingerprint density at radius 1 is 1.10 bits per heavy atom. The van der Waals surface area contributed by atoms with E-state index in [9.17, 15) is 4.79 Å². The van der Waals surface area contributed by atoms with Crippen molar-refractivity contribution in [1.29, 1.82) is 0 Å². The predicted molar refractivity (Wildman–Crippen MR) is 80.6 cm³/mol. The minimum atomic E-state index is 0.150. The molecule has 3 aliphatic rings. The van der Waals surface area contributed by atoms with Gasteiger partial charge >= 0.3 is 0 Å². The Hall–Kier alpha value is -1.55. The average molecular weight is 286 g/mol. The summed E-state index contributed by atoms with van der Waals surface area (Å²) in [5.41, 5.74) is 0.741. The molecular formula is C17H22N2O2. The zero-order chi connectivity index (χ0) is 14.2. The number of para-hydroxylation sites is 1. The number of piperazine rings is 1. The van der Waals surface area contributed by atoms with Gasteiger partial charge in [-0.3, -0.25) is 9.69 Å². The third-order valence-corrected chi connectivity index (χ3v) is 5.07. The Morgan fingerprint density at radius 3 is 2.76 bits per heavy atom. The molecular weight excluding hydrogens is 264 g/mol. The Bertz CT molecular complexity index is 541. The number of benzene rings is 1. The molecule has 2 saturated heterocycles. The van der Waals surface area contributed by atoms with Gasteiger partial charge in [0, 0.05) is 32.2 Å². The van der Waals surface area contributed by atoms with E-state index in [0.29, 0.717) is 12.1 Å². The first-order valence-corrected chi connectivity index (χ1v) is 8.10. The molecule has 112 valence electrons. The maximum atomic E-state index is 12.9. The minimum absolute atomic E-state index is 0.150. The van der Waals surface area contributed by atoms with Gasteiger partial charge in [-0.15, -0.1) is 0 Å². The second-order valence-corrected chi connectivity index (χ2v) is 6.41. The van der Waals surface area contributed by atoms with E-state index in [2.05, 4.69) is 9.80 Å². The topological polar surface area (TPSA) is 32.8 Å². The Morgan fingerprint density at radius 2 is 1.95 bits per heavy atom. The summed E-state index contributed by atoms with van der Waals surface area (Å²) in [6, 6.07) is 8.14. The highest BCUT2D eigenvalue weighted by molar-refractivity contribution is 5.97. The summed E-state index contributed by atoms with van der Waals surface area (Å²) in [4.78, 5) is 17.4. The SMILES string of the molecule is O=C(c1ccccc1OC1CCC1)N1CCN2CCC1C2. The van der Waals surface area contributed by atoms with Crippen molar-refractivity contribution in [3.63, 3.8) is 0 Å². The molecule has 0 radical (unpaired) electrons. The van der Waals surface area contributed by atoms with E-state index in [4.69, 9.17) is 4.74 Å². The molecule has 4 nitrogen and oxygen atoms in total. The molecule has 2 heterocycles. The van der Waals surface area contributed by atoms with Gasteiger partial charge in [-0.25, -0.2) is 0 Å². The highest BCUT2D eigenvalue weighted by Crippen LogP contribution is 2.30. The molecule has 2 aliphatic heterocycles. The first-order valence-electron chi connectivity index (χ1n) is 8.10. The Kier molecular flexibility index (Phi) is 3.34. The molecule has 1 aliphatic carbocycles. The highest BCUT2D eigenvalue weighted by Gasteiger charge is 2.36. The molecule has 0 spiro atoms. The monoisotopic (exact) mass is 286 g/mol. The van der Waals surface area contributed by atoms with Gasteiger partial charge in [0.25, 0.3) is 5.91 Å². The van der Waals surface area contributed by atoms with Gasteiger partial charge in [0.05, 0.1) is 11.7 Å². The molecule has 1 saturated carbocycles. The summed E-state index contributed by atoms with van der Waals surface area (Å²) in [6.07, 6.45) is 4.89. The summed E-state index contributed by atoms with van der Waals surface area (Å²) in [6.45, 7) is 4.03. The van der Waals surface area contributed by atoms with E-state index in [0.717, 1.165) is 56.8 Å². The smallest absolute Gasteiger partial charge is 0.257 e. The van der Waals surface area contributed by atoms with Crippen LogP contribution in [0.25, 0.3) is 0 Å². The van der Waals surface area contributed by atoms with Crippen LogP contribution in [0.4, 0.5) is 0 Å². The Labute approximate surface area is 125 Å². The van der Waals surface area contributed by atoms with Crippen LogP contribution >= 0.6 is 0 Å². The lowest BCUT2D eigenvalue weighted by atomic mass is 9.96. The molecule has 2 atom stereocenters. The van der Waals surface area contributed by atoms with E-state index in [1.165, 1.54) is 6.42 Å². The maximum Gasteiger partial charge on any atom is 0.257 e. The number of fused-ring (bicyclic) bond motifs is 2. The minimum Gasteiger partial charge on any atom is -0.490 e. The number of ether oxygens (including phenoxy) is 1. The second kappa shape index (κ2) is 5.34. The van der Waals surface area contributed by atoms with Crippen molar-refractivity contribution in [1.82, 2.24) is 9.80 Å². The van der Waals surface area contributed by atoms with Crippen LogP contribution in [0, 0.1) is 0 Å². The van der Waals surface area contributed by atoms with Crippen LogP contribution in [-0.4, -0.2) is 54.0 Å². The number of rotatable bonds is 3. The first kappa shape index (κ1) is 13.1. The van der Waals surface area contributed by atoms with Crippen molar-refractivity contribution >= 4 is 5.91 Å². The number of amides is 1. The predicted octanol–water partition coefficient (Wildman–Crippen LogP) is 2.15. The number of hydrogen-bond acceptors (Lipinski definition) is 3. The van der Waals surface area contributed by atoms with E-state index >= 15 is 0 Å². The van der Waals surface area contributed by atoms with Gasteiger partial charge in [-0.05, 0) is 37.8 Å². The van der Waals surface area contributed by atoms with E-state index in [1.54, 1.807) is 0 Å². The molecule has 1 amide bonds. The normalized spacial score (nSPS) is 28.3. The molecule has 3 fully saturated rings. The van der Waals surface area contributed by atoms with Gasteiger partial charge in [0.15, 0.2) is 0 Å². The van der Waals surface area contributed by atoms with Crippen molar-refractivity contribution in [3.05, 3.63) is 29.8 Å². The van der Waals surface area contributed by atoms with E-state index < -0.39 is 0 Å². The quantitative estimate of drug-likeness (QED) is 0.853. The lowest BCUT2D eigenvalue weighted by Gasteiger charge is -2.35. The molecule has 4 heteroatoms. The van der Waals surface area contributed by atoms with Crippen molar-refractivity contribution in [2.24, 2.45) is 0 Å². The lowest BCUT2D eigenvalue weighted by Crippen LogP contribution is -2.49. The summed E-state index contributed by atoms with van der Waals surface area (Å²) in [7, 11) is 0. The molecule has 1 aromatic carbocycles. The van der Waals surface area contributed by atoms with E-state index in [1.807, 2.05) is 24.3 Å². The van der Waals surface area contributed by atoms with Gasteiger partial charge in [-0.2, -0.15) is 0 Å². The third kappa shape index (κ3) is 2.42. The van der Waals surface area contributed by atoms with Crippen LogP contribution < -0.4 is 4.74 Å². The second-order valence-electron chi connectivity index (χ2n) is 6.41. The summed E-state index contributed by atoms with van der Waals surface area (Å²) >= 11 is 0. The molecule has 21 heavy (non-hydrogen) atoms. The number of carbonyl (C=O) groups is 1. The molecule has 0 aromatic heterocycles. The van der Waals surface area contributed by atoms with E-state index in [-0.39, 0.29) is 5.91 Å². The number of hydrogen-bond donors (Lipinski definition) is 0. The van der Waals surface area contributed by atoms with Crippen molar-refractivity contribution < 1.29 is 9.53 Å². The van der Waals surface area contributed by atoms with Gasteiger partial charge in [0.1, 0.15) is 5.75 Å². The summed E-state index contributed by atoms with van der Waals surface area (Å²) in [5, 5.41) is 0. The molecule has 2 unspecified atom stereocenters. The standard InChI is InChI=1S/C17H22N2O2/c20-17(19-11-10-18-9-8-13(19)12-18)15-6-1-2-7-16(15)21-14-4-3-5-14/h1-2,6-7,13-14H,3-5,8-12H2. The van der Waals surface area contributed by atoms with Gasteiger partial charge in [-0.1, -0.05) is 12.1 Å². The zero-order valence-electron chi connectivity index (χ0n) is 12.3. The Balaban J connectivity index is 1.55. The van der Waals surface area contributed by atoms with Crippen molar-refractivity contribution in [3.8, 4) is 5.75 Å². The number of nitrogens with zero attached hydrogens (tertiary/aromatic N) is 2. The van der Waals surface area contributed by atoms with Crippen LogP contribution in [0.15, 0.2) is 24.3 Å². The maximum absolute atomic E-state index is 12.9. The summed E-state index contributed by atoms with van der Waals surface area (Å²) < 4.78 is 6.01. The van der Waals surface area contributed by atoms with Crippen LogP contribution in [0.5, 0.6) is 5.75 Å². The summed E-state index contributed by atoms with van der Waals surface area (Å²) in [5.74, 6) is 0.920. The lowest BCUT2D eigenvalue weighted by molar-refractivity contribution is 0.0595.